The van der Waals surface area contributed by atoms with E-state index < -0.39 is 0 Å². The molecule has 2 aromatic carbocycles. The summed E-state index contributed by atoms with van der Waals surface area (Å²) < 4.78 is 6.03. The third-order valence-corrected chi connectivity index (χ3v) is 6.80. The Balaban J connectivity index is 0.00000385. The van der Waals surface area contributed by atoms with Crippen molar-refractivity contribution in [3.05, 3.63) is 58.6 Å². The van der Waals surface area contributed by atoms with E-state index in [-0.39, 0.29) is 17.8 Å². The summed E-state index contributed by atoms with van der Waals surface area (Å²) in [6.45, 7) is 19.8. The fourth-order valence-electron chi connectivity index (χ4n) is 4.92. The number of ether oxygens (including phenoxy) is 1. The van der Waals surface area contributed by atoms with Crippen molar-refractivity contribution in [1.82, 2.24) is 4.90 Å². The van der Waals surface area contributed by atoms with Crippen LogP contribution in [-0.4, -0.2) is 44.2 Å². The summed E-state index contributed by atoms with van der Waals surface area (Å²) in [5.41, 5.74) is 4.24. The number of anilines is 1. The Hall–Kier alpha value is -1.42. The zero-order chi connectivity index (χ0) is 23.4. The Morgan fingerprint density at radius 1 is 0.909 bits per heavy atom. The molecular formula is C28H42Cl2N2O. The molecule has 0 radical (unpaired) electrons. The molecule has 5 heteroatoms. The van der Waals surface area contributed by atoms with Crippen LogP contribution in [-0.2, 0) is 5.41 Å². The Kier molecular flexibility index (Phi) is 9.96. The SMILES string of the molecule is Cc1ccc(N2CCN(CCCOc3ccc(C(C)(C)CC(C)(C)C)cc3)CC2)cc1Cl.Cl. The third-order valence-electron chi connectivity index (χ3n) is 6.39. The molecule has 3 rings (SSSR count). The van der Waals surface area contributed by atoms with Crippen LogP contribution in [0.15, 0.2) is 42.5 Å². The van der Waals surface area contributed by atoms with Crippen molar-refractivity contribution in [1.29, 1.82) is 0 Å². The van der Waals surface area contributed by atoms with E-state index in [1.54, 1.807) is 0 Å². The minimum Gasteiger partial charge on any atom is -0.494 e. The molecule has 3 nitrogen and oxygen atoms in total. The number of hydrogen-bond donors (Lipinski definition) is 0. The van der Waals surface area contributed by atoms with Crippen molar-refractivity contribution in [3.63, 3.8) is 0 Å². The topological polar surface area (TPSA) is 15.7 Å². The molecule has 0 aromatic heterocycles. The van der Waals surface area contributed by atoms with Crippen molar-refractivity contribution in [2.24, 2.45) is 5.41 Å². The molecular weight excluding hydrogens is 451 g/mol. The normalized spacial score (nSPS) is 15.3. The van der Waals surface area contributed by atoms with Gasteiger partial charge in [-0.15, -0.1) is 12.4 Å². The van der Waals surface area contributed by atoms with Gasteiger partial charge in [0.1, 0.15) is 5.75 Å². The van der Waals surface area contributed by atoms with Crippen LogP contribution in [0.1, 0.15) is 58.6 Å². The zero-order valence-electron chi connectivity index (χ0n) is 21.3. The first-order chi connectivity index (χ1) is 15.0. The number of hydrogen-bond acceptors (Lipinski definition) is 3. The van der Waals surface area contributed by atoms with E-state index in [4.69, 9.17) is 16.3 Å². The summed E-state index contributed by atoms with van der Waals surface area (Å²) in [5.74, 6) is 0.973. The van der Waals surface area contributed by atoms with E-state index in [2.05, 4.69) is 86.9 Å². The Bertz CT molecular complexity index is 866. The van der Waals surface area contributed by atoms with Gasteiger partial charge in [-0.1, -0.05) is 64.4 Å². The highest BCUT2D eigenvalue weighted by Crippen LogP contribution is 2.36. The van der Waals surface area contributed by atoms with Crippen molar-refractivity contribution in [2.75, 3.05) is 44.2 Å². The summed E-state index contributed by atoms with van der Waals surface area (Å²) in [6, 6.07) is 15.1. The highest BCUT2D eigenvalue weighted by molar-refractivity contribution is 6.31. The number of rotatable bonds is 8. The molecule has 1 fully saturated rings. The van der Waals surface area contributed by atoms with Crippen molar-refractivity contribution in [3.8, 4) is 5.75 Å². The Morgan fingerprint density at radius 3 is 2.12 bits per heavy atom. The summed E-state index contributed by atoms with van der Waals surface area (Å²) >= 11 is 6.30. The number of nitrogens with zero attached hydrogens (tertiary/aromatic N) is 2. The monoisotopic (exact) mass is 492 g/mol. The lowest BCUT2D eigenvalue weighted by Gasteiger charge is -2.36. The summed E-state index contributed by atoms with van der Waals surface area (Å²) in [6.07, 6.45) is 2.21. The lowest BCUT2D eigenvalue weighted by atomic mass is 9.72. The number of piperazine rings is 1. The fourth-order valence-corrected chi connectivity index (χ4v) is 5.09. The summed E-state index contributed by atoms with van der Waals surface area (Å²) in [7, 11) is 0. The number of halogens is 2. The number of aryl methyl sites for hydroxylation is 1. The first-order valence-electron chi connectivity index (χ1n) is 12.0. The predicted molar refractivity (Wildman–Crippen MR) is 146 cm³/mol. The van der Waals surface area contributed by atoms with Gasteiger partial charge in [0.2, 0.25) is 0 Å². The molecule has 0 unspecified atom stereocenters. The maximum atomic E-state index is 6.30. The molecule has 0 N–H and O–H groups in total. The van der Waals surface area contributed by atoms with Crippen LogP contribution in [0.4, 0.5) is 5.69 Å². The molecule has 0 atom stereocenters. The van der Waals surface area contributed by atoms with Gasteiger partial charge < -0.3 is 9.64 Å². The maximum absolute atomic E-state index is 6.30. The molecule has 0 aliphatic carbocycles. The van der Waals surface area contributed by atoms with Gasteiger partial charge in [0.05, 0.1) is 6.61 Å². The molecule has 33 heavy (non-hydrogen) atoms. The summed E-state index contributed by atoms with van der Waals surface area (Å²) in [5, 5.41) is 0.855. The molecule has 1 aliphatic rings. The largest absolute Gasteiger partial charge is 0.494 e. The first kappa shape index (κ1) is 27.8. The Labute approximate surface area is 212 Å². The molecule has 0 amide bonds. The third kappa shape index (κ3) is 8.38. The molecule has 184 valence electrons. The van der Waals surface area contributed by atoms with E-state index >= 15 is 0 Å². The molecule has 0 bridgehead atoms. The second kappa shape index (κ2) is 11.8. The molecule has 1 heterocycles. The second-order valence-corrected chi connectivity index (χ2v) is 11.5. The van der Waals surface area contributed by atoms with E-state index in [0.29, 0.717) is 5.41 Å². The average molecular weight is 494 g/mol. The van der Waals surface area contributed by atoms with Gasteiger partial charge in [-0.05, 0) is 66.0 Å². The van der Waals surface area contributed by atoms with Crippen molar-refractivity contribution >= 4 is 29.7 Å². The quantitative estimate of drug-likeness (QED) is 0.357. The fraction of sp³-hybridized carbons (Fsp3) is 0.571. The minimum atomic E-state index is 0. The molecule has 2 aromatic rings. The van der Waals surface area contributed by atoms with Crippen LogP contribution in [0.2, 0.25) is 5.02 Å². The molecule has 0 spiro atoms. The van der Waals surface area contributed by atoms with Crippen LogP contribution in [0.5, 0.6) is 5.75 Å². The van der Waals surface area contributed by atoms with Crippen LogP contribution >= 0.6 is 24.0 Å². The van der Waals surface area contributed by atoms with E-state index in [0.717, 1.165) is 68.5 Å². The van der Waals surface area contributed by atoms with Crippen LogP contribution in [0.3, 0.4) is 0 Å². The van der Waals surface area contributed by atoms with Crippen molar-refractivity contribution < 1.29 is 4.74 Å². The van der Waals surface area contributed by atoms with Gasteiger partial charge in [-0.25, -0.2) is 0 Å². The highest BCUT2D eigenvalue weighted by Gasteiger charge is 2.27. The van der Waals surface area contributed by atoms with Gasteiger partial charge in [0.15, 0.2) is 0 Å². The van der Waals surface area contributed by atoms with E-state index in [9.17, 15) is 0 Å². The lowest BCUT2D eigenvalue weighted by molar-refractivity contribution is 0.224. The van der Waals surface area contributed by atoms with Gasteiger partial charge in [0, 0.05) is 43.4 Å². The average Bonchev–Trinajstić information content (AvgIpc) is 2.72. The number of benzene rings is 2. The van der Waals surface area contributed by atoms with E-state index in [1.165, 1.54) is 11.3 Å². The summed E-state index contributed by atoms with van der Waals surface area (Å²) in [4.78, 5) is 4.97. The molecule has 1 saturated heterocycles. The van der Waals surface area contributed by atoms with Gasteiger partial charge >= 0.3 is 0 Å². The second-order valence-electron chi connectivity index (χ2n) is 11.1. The zero-order valence-corrected chi connectivity index (χ0v) is 22.9. The van der Waals surface area contributed by atoms with Crippen LogP contribution < -0.4 is 9.64 Å². The van der Waals surface area contributed by atoms with Gasteiger partial charge in [0.25, 0.3) is 0 Å². The van der Waals surface area contributed by atoms with E-state index in [1.807, 2.05) is 6.92 Å². The minimum absolute atomic E-state index is 0. The van der Waals surface area contributed by atoms with Crippen LogP contribution in [0.25, 0.3) is 0 Å². The highest BCUT2D eigenvalue weighted by atomic mass is 35.5. The molecule has 0 saturated carbocycles. The van der Waals surface area contributed by atoms with Gasteiger partial charge in [-0.2, -0.15) is 0 Å². The van der Waals surface area contributed by atoms with Crippen molar-refractivity contribution in [2.45, 2.75) is 59.8 Å². The smallest absolute Gasteiger partial charge is 0.119 e. The maximum Gasteiger partial charge on any atom is 0.119 e. The standard InChI is InChI=1S/C28H41ClN2O.ClH/c1-22-8-11-24(20-26(22)29)31-17-15-30(16-18-31)14-7-19-32-25-12-9-23(10-13-25)28(5,6)21-27(2,3)4;/h8-13,20H,7,14-19,21H2,1-6H3;1H. The first-order valence-corrected chi connectivity index (χ1v) is 12.4. The van der Waals surface area contributed by atoms with Gasteiger partial charge in [-0.3, -0.25) is 4.90 Å². The van der Waals surface area contributed by atoms with Crippen LogP contribution in [0, 0.1) is 12.3 Å². The lowest BCUT2D eigenvalue weighted by Crippen LogP contribution is -2.46. The molecule has 1 aliphatic heterocycles. The predicted octanol–water partition coefficient (Wildman–Crippen LogP) is 7.38. The Morgan fingerprint density at radius 2 is 1.55 bits per heavy atom.